The second-order valence-electron chi connectivity index (χ2n) is 3.79. The summed E-state index contributed by atoms with van der Waals surface area (Å²) >= 11 is 0. The average molecular weight is 248 g/mol. The van der Waals surface area contributed by atoms with E-state index in [-0.39, 0.29) is 25.0 Å². The van der Waals surface area contributed by atoms with E-state index in [2.05, 4.69) is 0 Å². The first kappa shape index (κ1) is 18.4. The topological polar surface area (TPSA) is 94.8 Å². The lowest BCUT2D eigenvalue weighted by Crippen LogP contribution is -2.22. The van der Waals surface area contributed by atoms with Gasteiger partial charge in [0.15, 0.2) is 0 Å². The quantitative estimate of drug-likeness (QED) is 0.589. The molecule has 0 bridgehead atoms. The summed E-state index contributed by atoms with van der Waals surface area (Å²) in [5.74, 6) is -2.00. The average Bonchev–Trinajstić information content (AvgIpc) is 2.30. The zero-order valence-electron chi connectivity index (χ0n) is 10.8. The predicted octanol–water partition coefficient (Wildman–Crippen LogP) is 1.22. The molecule has 0 aliphatic carbocycles. The Morgan fingerprint density at radius 1 is 1.18 bits per heavy atom. The molecular weight excluding hydrogens is 224 g/mol. The Kier molecular flexibility index (Phi) is 12.5. The van der Waals surface area contributed by atoms with Crippen molar-refractivity contribution in [2.45, 2.75) is 52.6 Å². The van der Waals surface area contributed by atoms with Crippen LogP contribution < -0.4 is 0 Å². The molecule has 0 spiro atoms. The molecule has 5 heteroatoms. The molecule has 2 unspecified atom stereocenters. The largest absolute Gasteiger partial charge is 0.476 e. The van der Waals surface area contributed by atoms with Crippen molar-refractivity contribution in [2.24, 2.45) is 5.92 Å². The first-order chi connectivity index (χ1) is 7.94. The van der Waals surface area contributed by atoms with Crippen LogP contribution in [-0.2, 0) is 9.59 Å². The van der Waals surface area contributed by atoms with Crippen LogP contribution in [0.4, 0.5) is 0 Å². The summed E-state index contributed by atoms with van der Waals surface area (Å²) in [7, 11) is 0. The first-order valence-electron chi connectivity index (χ1n) is 5.99. The van der Waals surface area contributed by atoms with Crippen molar-refractivity contribution in [1.29, 1.82) is 0 Å². The summed E-state index contributed by atoms with van der Waals surface area (Å²) in [5, 5.41) is 25.9. The zero-order valence-corrected chi connectivity index (χ0v) is 10.8. The van der Waals surface area contributed by atoms with E-state index in [9.17, 15) is 14.7 Å². The summed E-state index contributed by atoms with van der Waals surface area (Å²) in [6.07, 6.45) is 2.42. The number of hydrogen-bond acceptors (Lipinski definition) is 4. The van der Waals surface area contributed by atoms with E-state index in [0.29, 0.717) is 0 Å². The van der Waals surface area contributed by atoms with Crippen molar-refractivity contribution in [2.75, 3.05) is 6.61 Å². The highest BCUT2D eigenvalue weighted by atomic mass is 16.4. The van der Waals surface area contributed by atoms with Gasteiger partial charge in [0.25, 0.3) is 0 Å². The lowest BCUT2D eigenvalue weighted by molar-refractivity contribution is -0.148. The van der Waals surface area contributed by atoms with Crippen LogP contribution in [0.5, 0.6) is 0 Å². The Morgan fingerprint density at radius 2 is 1.71 bits per heavy atom. The van der Waals surface area contributed by atoms with Crippen LogP contribution in [0.15, 0.2) is 0 Å². The van der Waals surface area contributed by atoms with Crippen LogP contribution in [0, 0.1) is 5.92 Å². The fourth-order valence-electron chi connectivity index (χ4n) is 1.21. The van der Waals surface area contributed by atoms with Crippen LogP contribution in [0.1, 0.15) is 46.5 Å². The molecule has 3 N–H and O–H groups in total. The van der Waals surface area contributed by atoms with E-state index in [4.69, 9.17) is 10.2 Å². The van der Waals surface area contributed by atoms with Crippen LogP contribution in [0.2, 0.25) is 0 Å². The summed E-state index contributed by atoms with van der Waals surface area (Å²) in [4.78, 5) is 19.5. The second-order valence-corrected chi connectivity index (χ2v) is 3.79. The number of rotatable bonds is 7. The molecule has 17 heavy (non-hydrogen) atoms. The number of hydrogen-bond donors (Lipinski definition) is 3. The molecule has 0 rings (SSSR count). The molecule has 0 aromatic rings. The Balaban J connectivity index is 0. The monoisotopic (exact) mass is 248 g/mol. The molecule has 5 nitrogen and oxygen atoms in total. The Labute approximate surface area is 102 Å². The second kappa shape index (κ2) is 11.5. The van der Waals surface area contributed by atoms with Crippen LogP contribution >= 0.6 is 0 Å². The minimum atomic E-state index is -1.34. The zero-order chi connectivity index (χ0) is 13.8. The standard InChI is InChI=1S/C8H18O2.C4H6O3/c1-3-5-8(10)7(4-2)6-9;1-2-3(5)4(6)7/h7-10H,3-6H2,1-2H3;2H2,1H3,(H,6,7). The van der Waals surface area contributed by atoms with Crippen LogP contribution in [-0.4, -0.2) is 39.8 Å². The molecule has 0 aromatic heterocycles. The van der Waals surface area contributed by atoms with Crippen LogP contribution in [0.25, 0.3) is 0 Å². The van der Waals surface area contributed by atoms with Crippen molar-refractivity contribution >= 4 is 11.8 Å². The fraction of sp³-hybridized carbons (Fsp3) is 0.833. The minimum absolute atomic E-state index is 0.0787. The van der Waals surface area contributed by atoms with E-state index in [1.165, 1.54) is 6.92 Å². The number of carbonyl (C=O) groups is 2. The third kappa shape index (κ3) is 9.96. The highest BCUT2D eigenvalue weighted by Crippen LogP contribution is 2.11. The molecule has 0 saturated carbocycles. The lowest BCUT2D eigenvalue weighted by Gasteiger charge is -2.17. The number of aliphatic hydroxyl groups excluding tert-OH is 2. The van der Waals surface area contributed by atoms with E-state index in [1.54, 1.807) is 0 Å². The smallest absolute Gasteiger partial charge is 0.372 e. The SMILES string of the molecule is CCC(=O)C(=O)O.CCCC(O)C(CC)CO. The van der Waals surface area contributed by atoms with Gasteiger partial charge < -0.3 is 15.3 Å². The minimum Gasteiger partial charge on any atom is -0.476 e. The molecule has 0 saturated heterocycles. The van der Waals surface area contributed by atoms with Gasteiger partial charge in [0.1, 0.15) is 0 Å². The third-order valence-corrected chi connectivity index (χ3v) is 2.45. The van der Waals surface area contributed by atoms with Gasteiger partial charge >= 0.3 is 5.97 Å². The number of aliphatic hydroxyl groups is 2. The molecule has 0 aliphatic heterocycles. The van der Waals surface area contributed by atoms with E-state index < -0.39 is 11.8 Å². The summed E-state index contributed by atoms with van der Waals surface area (Å²) in [5.41, 5.74) is 0. The number of ketones is 1. The third-order valence-electron chi connectivity index (χ3n) is 2.45. The molecular formula is C12H24O5. The Hall–Kier alpha value is -0.940. The van der Waals surface area contributed by atoms with E-state index in [0.717, 1.165) is 19.3 Å². The number of carboxylic acids is 1. The van der Waals surface area contributed by atoms with Gasteiger partial charge in [0.2, 0.25) is 5.78 Å². The number of Topliss-reactive ketones (excluding diaryl/α,β-unsaturated/α-hetero) is 1. The molecule has 0 radical (unpaired) electrons. The van der Waals surface area contributed by atoms with Gasteiger partial charge in [0, 0.05) is 18.9 Å². The van der Waals surface area contributed by atoms with Gasteiger partial charge in [-0.15, -0.1) is 0 Å². The van der Waals surface area contributed by atoms with Crippen molar-refractivity contribution in [3.63, 3.8) is 0 Å². The van der Waals surface area contributed by atoms with Gasteiger partial charge in [0.05, 0.1) is 6.10 Å². The number of carbonyl (C=O) groups excluding carboxylic acids is 1. The van der Waals surface area contributed by atoms with Gasteiger partial charge in [-0.1, -0.05) is 27.2 Å². The molecule has 0 aliphatic rings. The van der Waals surface area contributed by atoms with Crippen molar-refractivity contribution in [1.82, 2.24) is 0 Å². The highest BCUT2D eigenvalue weighted by molar-refractivity contribution is 6.32. The van der Waals surface area contributed by atoms with Crippen LogP contribution in [0.3, 0.4) is 0 Å². The predicted molar refractivity (Wildman–Crippen MR) is 64.7 cm³/mol. The molecule has 0 aromatic carbocycles. The summed E-state index contributed by atoms with van der Waals surface area (Å²) in [6.45, 7) is 5.64. The summed E-state index contributed by atoms with van der Waals surface area (Å²) in [6, 6.07) is 0. The van der Waals surface area contributed by atoms with Gasteiger partial charge in [-0.3, -0.25) is 4.79 Å². The normalized spacial score (nSPS) is 13.2. The maximum atomic E-state index is 9.91. The summed E-state index contributed by atoms with van der Waals surface area (Å²) < 4.78 is 0. The van der Waals surface area contributed by atoms with E-state index in [1.807, 2.05) is 13.8 Å². The van der Waals surface area contributed by atoms with E-state index >= 15 is 0 Å². The molecule has 0 fully saturated rings. The molecule has 2 atom stereocenters. The van der Waals surface area contributed by atoms with Gasteiger partial charge in [-0.05, 0) is 12.8 Å². The Morgan fingerprint density at radius 3 is 1.88 bits per heavy atom. The highest BCUT2D eigenvalue weighted by Gasteiger charge is 2.14. The maximum Gasteiger partial charge on any atom is 0.372 e. The Bertz CT molecular complexity index is 211. The molecule has 0 amide bonds. The van der Waals surface area contributed by atoms with Crippen molar-refractivity contribution in [3.8, 4) is 0 Å². The lowest BCUT2D eigenvalue weighted by atomic mass is 9.97. The number of carboxylic acid groups (broad SMARTS) is 1. The fourth-order valence-corrected chi connectivity index (χ4v) is 1.21. The first-order valence-corrected chi connectivity index (χ1v) is 5.99. The maximum absolute atomic E-state index is 9.91. The molecule has 0 heterocycles. The van der Waals surface area contributed by atoms with Crippen molar-refractivity contribution in [3.05, 3.63) is 0 Å². The van der Waals surface area contributed by atoms with Gasteiger partial charge in [-0.25, -0.2) is 4.79 Å². The van der Waals surface area contributed by atoms with Gasteiger partial charge in [-0.2, -0.15) is 0 Å². The van der Waals surface area contributed by atoms with Crippen molar-refractivity contribution < 1.29 is 24.9 Å². The molecule has 102 valence electrons. The number of aliphatic carboxylic acids is 1.